The summed E-state index contributed by atoms with van der Waals surface area (Å²) in [6.45, 7) is 4.73. The number of nitrogens with zero attached hydrogens (tertiary/aromatic N) is 6. The molecule has 1 fully saturated rings. The van der Waals surface area contributed by atoms with E-state index in [0.717, 1.165) is 51.1 Å². The first kappa shape index (κ1) is 30.8. The van der Waals surface area contributed by atoms with Gasteiger partial charge in [0.05, 0.1) is 12.1 Å². The molecule has 10 nitrogen and oxygen atoms in total. The smallest absolute Gasteiger partial charge is 0.241 e. The summed E-state index contributed by atoms with van der Waals surface area (Å²) in [6.07, 6.45) is 10.9. The molecule has 0 bridgehead atoms. The normalized spacial score (nSPS) is 18.3. The average Bonchev–Trinajstić information content (AvgIpc) is 3.73. The largest absolute Gasteiger partial charge is 0.338 e. The molecule has 2 aromatic carbocycles. The number of benzene rings is 2. The molecule has 0 unspecified atom stereocenters. The van der Waals surface area contributed by atoms with E-state index in [0.29, 0.717) is 45.0 Å². The van der Waals surface area contributed by atoms with Gasteiger partial charge in [-0.05, 0) is 73.6 Å². The third kappa shape index (κ3) is 6.41. The highest BCUT2D eigenvalue weighted by molar-refractivity contribution is 8.00. The fourth-order valence-electron chi connectivity index (χ4n) is 6.42. The van der Waals surface area contributed by atoms with Crippen LogP contribution in [0.15, 0.2) is 85.3 Å². The number of hydrogen-bond acceptors (Lipinski definition) is 8. The van der Waals surface area contributed by atoms with Crippen molar-refractivity contribution in [2.75, 3.05) is 44.3 Å². The molecule has 1 saturated heterocycles. The second kappa shape index (κ2) is 13.1. The summed E-state index contributed by atoms with van der Waals surface area (Å²) in [5.74, 6) is 0.762. The minimum absolute atomic E-state index is 0.0421. The molecule has 11 heteroatoms. The lowest BCUT2D eigenvalue weighted by atomic mass is 9.98. The van der Waals surface area contributed by atoms with E-state index in [1.54, 1.807) is 30.4 Å². The first-order chi connectivity index (χ1) is 22.9. The van der Waals surface area contributed by atoms with Crippen molar-refractivity contribution in [2.24, 2.45) is 0 Å². The number of pyridine rings is 1. The lowest BCUT2D eigenvalue weighted by Crippen LogP contribution is -2.45. The van der Waals surface area contributed by atoms with Gasteiger partial charge in [-0.1, -0.05) is 30.3 Å². The third-order valence-electron chi connectivity index (χ3n) is 9.11. The lowest BCUT2D eigenvalue weighted by Gasteiger charge is -2.29. The SMILES string of the molecule is CS[C@@]1(C(=O)Nc2ccc3[nH]nc(-c4ccnc(C)c4)c3c2)CCN(CC(=O)N2CC=C(c3ccc(-c4ncccn4)cc3)CC2)C1. The van der Waals surface area contributed by atoms with Crippen LogP contribution < -0.4 is 5.32 Å². The van der Waals surface area contributed by atoms with Crippen LogP contribution in [-0.4, -0.2) is 90.5 Å². The van der Waals surface area contributed by atoms with Crippen molar-refractivity contribution in [1.29, 1.82) is 0 Å². The second-order valence-electron chi connectivity index (χ2n) is 12.1. The van der Waals surface area contributed by atoms with E-state index in [-0.39, 0.29) is 11.8 Å². The first-order valence-electron chi connectivity index (χ1n) is 15.8. The Balaban J connectivity index is 0.963. The van der Waals surface area contributed by atoms with Gasteiger partial charge in [0.2, 0.25) is 11.8 Å². The Morgan fingerprint density at radius 3 is 2.51 bits per heavy atom. The van der Waals surface area contributed by atoms with Gasteiger partial charge in [-0.3, -0.25) is 24.6 Å². The summed E-state index contributed by atoms with van der Waals surface area (Å²) in [5.41, 5.74) is 7.70. The number of aromatic nitrogens is 5. The molecule has 5 heterocycles. The molecule has 2 aliphatic heterocycles. The van der Waals surface area contributed by atoms with Crippen LogP contribution in [0.1, 0.15) is 24.1 Å². The van der Waals surface area contributed by atoms with Crippen molar-refractivity contribution >= 4 is 45.7 Å². The summed E-state index contributed by atoms with van der Waals surface area (Å²) in [6, 6.07) is 19.8. The van der Waals surface area contributed by atoms with Gasteiger partial charge in [0, 0.05) is 72.7 Å². The van der Waals surface area contributed by atoms with Crippen molar-refractivity contribution in [3.63, 3.8) is 0 Å². The molecule has 3 aromatic heterocycles. The van der Waals surface area contributed by atoms with Crippen LogP contribution in [0.5, 0.6) is 0 Å². The van der Waals surface area contributed by atoms with Crippen molar-refractivity contribution < 1.29 is 9.59 Å². The molecule has 2 aliphatic rings. The van der Waals surface area contributed by atoms with E-state index in [2.05, 4.69) is 53.6 Å². The number of rotatable bonds is 8. The first-order valence-corrected chi connectivity index (χ1v) is 17.0. The fourth-order valence-corrected chi connectivity index (χ4v) is 7.26. The Labute approximate surface area is 277 Å². The Bertz CT molecular complexity index is 1960. The predicted molar refractivity (Wildman–Crippen MR) is 187 cm³/mol. The zero-order chi connectivity index (χ0) is 32.4. The molecule has 0 saturated carbocycles. The minimum Gasteiger partial charge on any atom is -0.338 e. The van der Waals surface area contributed by atoms with Gasteiger partial charge in [0.15, 0.2) is 5.82 Å². The molecule has 0 radical (unpaired) electrons. The van der Waals surface area contributed by atoms with Crippen LogP contribution >= 0.6 is 11.8 Å². The highest BCUT2D eigenvalue weighted by atomic mass is 32.2. The Hall–Kier alpha value is -4.87. The van der Waals surface area contributed by atoms with E-state index in [1.165, 1.54) is 5.57 Å². The molecule has 7 rings (SSSR count). The molecule has 238 valence electrons. The van der Waals surface area contributed by atoms with Gasteiger partial charge in [0.1, 0.15) is 10.4 Å². The van der Waals surface area contributed by atoms with Gasteiger partial charge in [-0.25, -0.2) is 9.97 Å². The fraction of sp³-hybridized carbons (Fsp3) is 0.278. The van der Waals surface area contributed by atoms with Crippen LogP contribution in [0, 0.1) is 6.92 Å². The molecule has 2 amide bonds. The summed E-state index contributed by atoms with van der Waals surface area (Å²) in [5, 5.41) is 11.7. The number of hydrogen-bond donors (Lipinski definition) is 2. The van der Waals surface area contributed by atoms with Gasteiger partial charge in [0.25, 0.3) is 0 Å². The van der Waals surface area contributed by atoms with Crippen LogP contribution in [0.3, 0.4) is 0 Å². The number of aromatic amines is 1. The quantitative estimate of drug-likeness (QED) is 0.229. The number of anilines is 1. The molecule has 1 atom stereocenters. The number of nitrogens with one attached hydrogen (secondary N) is 2. The van der Waals surface area contributed by atoms with E-state index in [4.69, 9.17) is 0 Å². The number of carbonyl (C=O) groups excluding carboxylic acids is 2. The van der Waals surface area contributed by atoms with Crippen LogP contribution in [-0.2, 0) is 9.59 Å². The number of H-pyrrole nitrogens is 1. The van der Waals surface area contributed by atoms with Crippen LogP contribution in [0.2, 0.25) is 0 Å². The molecular formula is C36H36N8O2S. The lowest BCUT2D eigenvalue weighted by molar-refractivity contribution is -0.132. The highest BCUT2D eigenvalue weighted by Crippen LogP contribution is 2.36. The van der Waals surface area contributed by atoms with Gasteiger partial charge in [-0.2, -0.15) is 5.10 Å². The highest BCUT2D eigenvalue weighted by Gasteiger charge is 2.44. The Morgan fingerprint density at radius 1 is 0.957 bits per heavy atom. The third-order valence-corrected chi connectivity index (χ3v) is 10.4. The number of thioether (sulfide) groups is 1. The zero-order valence-corrected chi connectivity index (χ0v) is 27.3. The summed E-state index contributed by atoms with van der Waals surface area (Å²) >= 11 is 1.56. The molecule has 0 aliphatic carbocycles. The number of likely N-dealkylation sites (tertiary alicyclic amines) is 1. The molecule has 47 heavy (non-hydrogen) atoms. The van der Waals surface area contributed by atoms with Gasteiger partial charge < -0.3 is 10.2 Å². The van der Waals surface area contributed by atoms with Crippen LogP contribution in [0.25, 0.3) is 39.1 Å². The monoisotopic (exact) mass is 644 g/mol. The van der Waals surface area contributed by atoms with E-state index < -0.39 is 4.75 Å². The molecule has 2 N–H and O–H groups in total. The maximum atomic E-state index is 13.7. The van der Waals surface area contributed by atoms with Crippen molar-refractivity contribution in [1.82, 2.24) is 34.9 Å². The summed E-state index contributed by atoms with van der Waals surface area (Å²) < 4.78 is -0.636. The van der Waals surface area contributed by atoms with Crippen LogP contribution in [0.4, 0.5) is 5.69 Å². The van der Waals surface area contributed by atoms with E-state index >= 15 is 0 Å². The average molecular weight is 645 g/mol. The van der Waals surface area contributed by atoms with Gasteiger partial charge >= 0.3 is 0 Å². The minimum atomic E-state index is -0.636. The topological polar surface area (TPSA) is 120 Å². The molecular weight excluding hydrogens is 609 g/mol. The summed E-state index contributed by atoms with van der Waals surface area (Å²) in [4.78, 5) is 44.1. The Morgan fingerprint density at radius 2 is 1.77 bits per heavy atom. The van der Waals surface area contributed by atoms with E-state index in [9.17, 15) is 9.59 Å². The molecule has 5 aromatic rings. The summed E-state index contributed by atoms with van der Waals surface area (Å²) in [7, 11) is 0. The predicted octanol–water partition coefficient (Wildman–Crippen LogP) is 5.45. The standard InChI is InChI=1S/C36H36N8O2S/c1-24-20-28(10-16-37-24)33-30-21-29(8-9-31(30)41-42-33)40-35(46)36(47-2)13-19-43(23-36)22-32(45)44-17-11-26(12-18-44)25-4-6-27(7-5-25)34-38-14-3-15-39-34/h3-11,14-16,20-21H,12-13,17-19,22-23H2,1-2H3,(H,40,46)(H,41,42)/t36-/m0/s1. The number of aryl methyl sites for hydroxylation is 1. The Kier molecular flexibility index (Phi) is 8.57. The molecule has 0 spiro atoms. The number of amides is 2. The van der Waals surface area contributed by atoms with Crippen molar-refractivity contribution in [3.8, 4) is 22.6 Å². The van der Waals surface area contributed by atoms with E-state index in [1.807, 2.05) is 66.6 Å². The van der Waals surface area contributed by atoms with Gasteiger partial charge in [-0.15, -0.1) is 11.8 Å². The van der Waals surface area contributed by atoms with Crippen molar-refractivity contribution in [3.05, 3.63) is 96.6 Å². The zero-order valence-electron chi connectivity index (χ0n) is 26.4. The maximum Gasteiger partial charge on any atom is 0.241 e. The van der Waals surface area contributed by atoms with Crippen molar-refractivity contribution in [2.45, 2.75) is 24.5 Å². The number of carbonyl (C=O) groups is 2. The second-order valence-corrected chi connectivity index (χ2v) is 13.3. The maximum absolute atomic E-state index is 13.7. The number of fused-ring (bicyclic) bond motifs is 1.